The van der Waals surface area contributed by atoms with Gasteiger partial charge in [-0.15, -0.1) is 0 Å². The summed E-state index contributed by atoms with van der Waals surface area (Å²) in [6.45, 7) is 6.42. The highest BCUT2D eigenvalue weighted by Crippen LogP contribution is 2.24. The molecule has 2 aromatic carbocycles. The van der Waals surface area contributed by atoms with Gasteiger partial charge in [0.15, 0.2) is 9.84 Å². The molecule has 1 N–H and O–H groups in total. The van der Waals surface area contributed by atoms with Gasteiger partial charge < -0.3 is 5.32 Å². The van der Waals surface area contributed by atoms with Crippen LogP contribution < -0.4 is 5.32 Å². The van der Waals surface area contributed by atoms with Crippen LogP contribution in [0.1, 0.15) is 31.4 Å². The van der Waals surface area contributed by atoms with E-state index in [1.54, 1.807) is 24.3 Å². The molecule has 0 unspecified atom stereocenters. The average Bonchev–Trinajstić information content (AvgIpc) is 2.59. The Morgan fingerprint density at radius 2 is 1.62 bits per heavy atom. The summed E-state index contributed by atoms with van der Waals surface area (Å²) in [6, 6.07) is 14.6. The predicted octanol–water partition coefficient (Wildman–Crippen LogP) is 4.02. The van der Waals surface area contributed by atoms with Crippen molar-refractivity contribution in [1.29, 1.82) is 0 Å². The summed E-state index contributed by atoms with van der Waals surface area (Å²) in [5.41, 5.74) is 1.86. The first kappa shape index (κ1) is 20.6. The van der Waals surface area contributed by atoms with Gasteiger partial charge in [-0.2, -0.15) is 0 Å². The van der Waals surface area contributed by atoms with Gasteiger partial charge in [-0.3, -0.25) is 4.79 Å². The first-order chi connectivity index (χ1) is 12.1. The Labute approximate surface area is 164 Å². The first-order valence-corrected chi connectivity index (χ1v) is 10.9. The Morgan fingerprint density at radius 1 is 1.04 bits per heavy atom. The molecule has 2 aromatic rings. The van der Waals surface area contributed by atoms with Crippen LogP contribution in [0.4, 0.5) is 0 Å². The number of amides is 1. The molecule has 0 saturated heterocycles. The van der Waals surface area contributed by atoms with Gasteiger partial charge in [-0.1, -0.05) is 59.6 Å². The van der Waals surface area contributed by atoms with E-state index in [0.29, 0.717) is 6.54 Å². The molecule has 0 aromatic heterocycles. The minimum absolute atomic E-state index is 0.0490. The van der Waals surface area contributed by atoms with Crippen molar-refractivity contribution in [2.24, 2.45) is 0 Å². The van der Waals surface area contributed by atoms with E-state index in [0.717, 1.165) is 15.6 Å². The average molecular weight is 438 g/mol. The second kappa shape index (κ2) is 8.35. The van der Waals surface area contributed by atoms with Gasteiger partial charge in [0, 0.05) is 22.9 Å². The van der Waals surface area contributed by atoms with E-state index >= 15 is 0 Å². The Hall–Kier alpha value is -1.66. The Balaban J connectivity index is 1.90. The number of hydrogen-bond acceptors (Lipinski definition) is 3. The van der Waals surface area contributed by atoms with Crippen molar-refractivity contribution >= 4 is 31.7 Å². The van der Waals surface area contributed by atoms with Crippen molar-refractivity contribution in [3.63, 3.8) is 0 Å². The third-order valence-electron chi connectivity index (χ3n) is 4.33. The van der Waals surface area contributed by atoms with Crippen LogP contribution in [-0.2, 0) is 20.0 Å². The number of halogens is 1. The summed E-state index contributed by atoms with van der Waals surface area (Å²) >= 11 is 3.41. The van der Waals surface area contributed by atoms with Crippen LogP contribution >= 0.6 is 15.9 Å². The van der Waals surface area contributed by atoms with Crippen LogP contribution in [0.25, 0.3) is 0 Å². The van der Waals surface area contributed by atoms with Crippen LogP contribution in [-0.4, -0.2) is 26.6 Å². The van der Waals surface area contributed by atoms with E-state index in [1.165, 1.54) is 0 Å². The number of nitrogens with one attached hydrogen (secondary N) is 1. The fraction of sp³-hybridized carbons (Fsp3) is 0.350. The zero-order valence-electron chi connectivity index (χ0n) is 15.3. The van der Waals surface area contributed by atoms with E-state index in [2.05, 4.69) is 21.2 Å². The van der Waals surface area contributed by atoms with Gasteiger partial charge in [0.2, 0.25) is 5.91 Å². The number of carbonyl (C=O) groups excluding carboxylic acids is 1. The van der Waals surface area contributed by atoms with E-state index < -0.39 is 9.84 Å². The molecule has 140 valence electrons. The molecule has 6 heteroatoms. The Morgan fingerprint density at radius 3 is 2.19 bits per heavy atom. The molecule has 0 aliphatic rings. The standard InChI is InChI=1S/C20H24BrNO3S/c1-15-4-10-18(11-5-15)26(24,25)13-12-19(23)22-14-20(2,3)16-6-8-17(21)9-7-16/h4-11H,12-14H2,1-3H3,(H,22,23). The van der Waals surface area contributed by atoms with E-state index in [1.807, 2.05) is 45.0 Å². The monoisotopic (exact) mass is 437 g/mol. The predicted molar refractivity (Wildman–Crippen MR) is 108 cm³/mol. The largest absolute Gasteiger partial charge is 0.355 e. The Kier molecular flexibility index (Phi) is 6.64. The molecular formula is C20H24BrNO3S. The molecule has 0 spiro atoms. The molecule has 0 atom stereocenters. The number of sulfone groups is 1. The lowest BCUT2D eigenvalue weighted by molar-refractivity contribution is -0.120. The van der Waals surface area contributed by atoms with Crippen molar-refractivity contribution in [1.82, 2.24) is 5.32 Å². The van der Waals surface area contributed by atoms with Gasteiger partial charge in [0.1, 0.15) is 0 Å². The third-order valence-corrected chi connectivity index (χ3v) is 6.59. The summed E-state index contributed by atoms with van der Waals surface area (Å²) < 4.78 is 25.6. The topological polar surface area (TPSA) is 63.2 Å². The lowest BCUT2D eigenvalue weighted by atomic mass is 9.84. The zero-order chi connectivity index (χ0) is 19.4. The van der Waals surface area contributed by atoms with Crippen LogP contribution in [0.15, 0.2) is 57.9 Å². The highest BCUT2D eigenvalue weighted by Gasteiger charge is 2.22. The maximum atomic E-state index is 12.3. The molecule has 2 rings (SSSR count). The summed E-state index contributed by atoms with van der Waals surface area (Å²) in [7, 11) is -3.45. The maximum Gasteiger partial charge on any atom is 0.221 e. The van der Waals surface area contributed by atoms with Crippen LogP contribution in [0, 0.1) is 6.92 Å². The molecule has 26 heavy (non-hydrogen) atoms. The van der Waals surface area contributed by atoms with Gasteiger partial charge in [-0.25, -0.2) is 8.42 Å². The lowest BCUT2D eigenvalue weighted by Crippen LogP contribution is -2.37. The molecule has 1 amide bonds. The molecule has 0 bridgehead atoms. The molecule has 0 radical (unpaired) electrons. The van der Waals surface area contributed by atoms with Crippen LogP contribution in [0.5, 0.6) is 0 Å². The molecule has 0 aliphatic carbocycles. The fourth-order valence-corrected chi connectivity index (χ4v) is 4.01. The fourth-order valence-electron chi connectivity index (χ4n) is 2.50. The quantitative estimate of drug-likeness (QED) is 0.711. The minimum atomic E-state index is -3.45. The van der Waals surface area contributed by atoms with Gasteiger partial charge in [0.05, 0.1) is 10.6 Å². The highest BCUT2D eigenvalue weighted by molar-refractivity contribution is 9.10. The number of carbonyl (C=O) groups is 1. The zero-order valence-corrected chi connectivity index (χ0v) is 17.7. The highest BCUT2D eigenvalue weighted by atomic mass is 79.9. The van der Waals surface area contributed by atoms with Crippen LogP contribution in [0.3, 0.4) is 0 Å². The van der Waals surface area contributed by atoms with Crippen molar-refractivity contribution < 1.29 is 13.2 Å². The molecule has 0 saturated carbocycles. The number of benzene rings is 2. The molecule has 4 nitrogen and oxygen atoms in total. The van der Waals surface area contributed by atoms with Gasteiger partial charge >= 0.3 is 0 Å². The van der Waals surface area contributed by atoms with Crippen molar-refractivity contribution in [2.75, 3.05) is 12.3 Å². The van der Waals surface area contributed by atoms with E-state index in [4.69, 9.17) is 0 Å². The summed E-state index contributed by atoms with van der Waals surface area (Å²) in [4.78, 5) is 12.4. The smallest absolute Gasteiger partial charge is 0.221 e. The second-order valence-electron chi connectivity index (χ2n) is 7.05. The van der Waals surface area contributed by atoms with Crippen molar-refractivity contribution in [3.05, 3.63) is 64.1 Å². The Bertz CT molecular complexity index is 857. The van der Waals surface area contributed by atoms with Crippen molar-refractivity contribution in [2.45, 2.75) is 37.5 Å². The van der Waals surface area contributed by atoms with E-state index in [-0.39, 0.29) is 28.4 Å². The summed E-state index contributed by atoms with van der Waals surface area (Å²) in [5.74, 6) is -0.452. The summed E-state index contributed by atoms with van der Waals surface area (Å²) in [5, 5.41) is 2.85. The van der Waals surface area contributed by atoms with Crippen LogP contribution in [0.2, 0.25) is 0 Å². The van der Waals surface area contributed by atoms with Crippen molar-refractivity contribution in [3.8, 4) is 0 Å². The molecule has 0 fully saturated rings. The second-order valence-corrected chi connectivity index (χ2v) is 10.1. The van der Waals surface area contributed by atoms with Gasteiger partial charge in [0.25, 0.3) is 0 Å². The number of hydrogen-bond donors (Lipinski definition) is 1. The maximum absolute atomic E-state index is 12.3. The number of rotatable bonds is 7. The lowest BCUT2D eigenvalue weighted by Gasteiger charge is -2.25. The SMILES string of the molecule is Cc1ccc(S(=O)(=O)CCC(=O)NCC(C)(C)c2ccc(Br)cc2)cc1. The summed E-state index contributed by atoms with van der Waals surface area (Å²) in [6.07, 6.45) is -0.0490. The molecular weight excluding hydrogens is 414 g/mol. The third kappa shape index (κ3) is 5.68. The van der Waals surface area contributed by atoms with Gasteiger partial charge in [-0.05, 0) is 36.8 Å². The molecule has 0 heterocycles. The van der Waals surface area contributed by atoms with E-state index in [9.17, 15) is 13.2 Å². The minimum Gasteiger partial charge on any atom is -0.355 e. The first-order valence-electron chi connectivity index (χ1n) is 8.42. The number of aryl methyl sites for hydroxylation is 1. The molecule has 0 aliphatic heterocycles. The normalized spacial score (nSPS) is 12.0.